The quantitative estimate of drug-likeness (QED) is 0.497. The fraction of sp³-hybridized carbons (Fsp3) is 0.222. The van der Waals surface area contributed by atoms with Crippen molar-refractivity contribution in [3.05, 3.63) is 24.3 Å². The summed E-state index contributed by atoms with van der Waals surface area (Å²) in [6, 6.07) is 6.63. The predicted molar refractivity (Wildman–Crippen MR) is 71.2 cm³/mol. The van der Waals surface area contributed by atoms with E-state index in [0.717, 1.165) is 0 Å². The highest BCUT2D eigenvalue weighted by molar-refractivity contribution is 5.89. The fourth-order valence-electron chi connectivity index (χ4n) is 0.897. The number of benzene rings is 1. The fourth-order valence-corrected chi connectivity index (χ4v) is 0.897. The van der Waals surface area contributed by atoms with Gasteiger partial charge in [-0.15, -0.1) is 24.8 Å². The van der Waals surface area contributed by atoms with Crippen LogP contribution < -0.4 is 21.9 Å². The molecule has 0 spiro atoms. The van der Waals surface area contributed by atoms with Gasteiger partial charge in [-0.3, -0.25) is 5.43 Å². The molecule has 5 N–H and O–H groups in total. The van der Waals surface area contributed by atoms with Crippen LogP contribution in [0.15, 0.2) is 24.3 Å². The number of nitrogens with two attached hydrogens (primary N) is 1. The summed E-state index contributed by atoms with van der Waals surface area (Å²) in [6.45, 7) is 2.57. The van der Waals surface area contributed by atoms with Crippen LogP contribution in [0.4, 0.5) is 16.2 Å². The molecular weight excluding hydrogens is 251 g/mol. The lowest BCUT2D eigenvalue weighted by molar-refractivity contribution is 0.248. The van der Waals surface area contributed by atoms with E-state index in [-0.39, 0.29) is 30.8 Å². The van der Waals surface area contributed by atoms with Crippen molar-refractivity contribution in [3.63, 3.8) is 0 Å². The second-order valence-corrected chi connectivity index (χ2v) is 2.73. The van der Waals surface area contributed by atoms with Crippen LogP contribution >= 0.6 is 24.8 Å². The van der Waals surface area contributed by atoms with Crippen molar-refractivity contribution in [2.45, 2.75) is 6.92 Å². The molecule has 7 heteroatoms. The molecule has 0 aromatic heterocycles. The molecule has 0 aliphatic carbocycles. The molecule has 0 aliphatic heterocycles. The standard InChI is InChI=1S/C9H14N4O.2ClH/c1-2-11-13-9(14)12-8-5-3-7(10)4-6-8;;/h3-6,11H,2,10H2,1H3,(H2,12,13,14);2*1H. The average molecular weight is 267 g/mol. The van der Waals surface area contributed by atoms with Crippen LogP contribution in [0, 0.1) is 0 Å². The highest BCUT2D eigenvalue weighted by Gasteiger charge is 1.98. The van der Waals surface area contributed by atoms with Crippen molar-refractivity contribution >= 4 is 42.2 Å². The summed E-state index contributed by atoms with van der Waals surface area (Å²) in [4.78, 5) is 11.1. The van der Waals surface area contributed by atoms with Gasteiger partial charge in [-0.05, 0) is 24.3 Å². The van der Waals surface area contributed by atoms with Crippen molar-refractivity contribution in [2.75, 3.05) is 17.6 Å². The first-order chi connectivity index (χ1) is 6.72. The van der Waals surface area contributed by atoms with E-state index in [1.54, 1.807) is 24.3 Å². The van der Waals surface area contributed by atoms with Gasteiger partial charge in [-0.2, -0.15) is 0 Å². The SMILES string of the molecule is CCNNC(=O)Nc1ccc(N)cc1.Cl.Cl. The number of hydrogen-bond acceptors (Lipinski definition) is 3. The molecule has 16 heavy (non-hydrogen) atoms. The number of nitrogens with one attached hydrogen (secondary N) is 3. The van der Waals surface area contributed by atoms with E-state index in [9.17, 15) is 4.79 Å². The Bertz CT molecular complexity index is 305. The van der Waals surface area contributed by atoms with Gasteiger partial charge in [0.2, 0.25) is 0 Å². The second kappa shape index (κ2) is 9.08. The van der Waals surface area contributed by atoms with Gasteiger partial charge in [0.1, 0.15) is 0 Å². The van der Waals surface area contributed by atoms with Gasteiger partial charge in [0.05, 0.1) is 0 Å². The van der Waals surface area contributed by atoms with Crippen molar-refractivity contribution < 1.29 is 4.79 Å². The molecule has 0 unspecified atom stereocenters. The molecule has 1 aromatic carbocycles. The molecule has 0 aliphatic rings. The second-order valence-electron chi connectivity index (χ2n) is 2.73. The molecule has 0 heterocycles. The number of rotatable bonds is 3. The van der Waals surface area contributed by atoms with Crippen LogP contribution in [-0.2, 0) is 0 Å². The number of nitrogen functional groups attached to an aromatic ring is 1. The molecule has 0 fully saturated rings. The van der Waals surface area contributed by atoms with E-state index in [2.05, 4.69) is 16.2 Å². The van der Waals surface area contributed by atoms with Crippen LogP contribution in [0.3, 0.4) is 0 Å². The summed E-state index contributed by atoms with van der Waals surface area (Å²) in [6.07, 6.45) is 0. The van der Waals surface area contributed by atoms with Crippen LogP contribution in [0.2, 0.25) is 0 Å². The number of urea groups is 1. The van der Waals surface area contributed by atoms with Crippen molar-refractivity contribution in [1.29, 1.82) is 0 Å². The molecular formula is C9H16Cl2N4O. The summed E-state index contributed by atoms with van der Waals surface area (Å²) in [5, 5.41) is 2.64. The molecule has 0 radical (unpaired) electrons. The van der Waals surface area contributed by atoms with Gasteiger partial charge in [-0.25, -0.2) is 10.2 Å². The summed E-state index contributed by atoms with van der Waals surface area (Å²) in [5.74, 6) is 0. The van der Waals surface area contributed by atoms with E-state index in [4.69, 9.17) is 5.73 Å². The number of carbonyl (C=O) groups excluding carboxylic acids is 1. The van der Waals surface area contributed by atoms with Crippen LogP contribution in [0.25, 0.3) is 0 Å². The molecule has 0 saturated carbocycles. The number of carbonyl (C=O) groups is 1. The van der Waals surface area contributed by atoms with Gasteiger partial charge in [0.25, 0.3) is 0 Å². The Morgan fingerprint density at radius 2 is 1.81 bits per heavy atom. The van der Waals surface area contributed by atoms with Gasteiger partial charge in [-0.1, -0.05) is 6.92 Å². The van der Waals surface area contributed by atoms with Crippen LogP contribution in [0.5, 0.6) is 0 Å². The van der Waals surface area contributed by atoms with Gasteiger partial charge >= 0.3 is 6.03 Å². The monoisotopic (exact) mass is 266 g/mol. The third kappa shape index (κ3) is 6.34. The zero-order valence-electron chi connectivity index (χ0n) is 8.82. The maximum absolute atomic E-state index is 11.1. The summed E-state index contributed by atoms with van der Waals surface area (Å²) < 4.78 is 0. The van der Waals surface area contributed by atoms with E-state index in [1.165, 1.54) is 0 Å². The van der Waals surface area contributed by atoms with Crippen molar-refractivity contribution in [2.24, 2.45) is 0 Å². The van der Waals surface area contributed by atoms with E-state index < -0.39 is 0 Å². The zero-order chi connectivity index (χ0) is 10.4. The predicted octanol–water partition coefficient (Wildman–Crippen LogP) is 1.76. The number of hydrazine groups is 1. The number of hydrogen-bond donors (Lipinski definition) is 4. The molecule has 92 valence electrons. The normalized spacial score (nSPS) is 8.31. The largest absolute Gasteiger partial charge is 0.399 e. The zero-order valence-corrected chi connectivity index (χ0v) is 10.5. The Morgan fingerprint density at radius 3 is 2.31 bits per heavy atom. The minimum absolute atomic E-state index is 0. The molecule has 2 amide bonds. The maximum atomic E-state index is 11.1. The Kier molecular flexibility index (Phi) is 9.78. The topological polar surface area (TPSA) is 79.2 Å². The molecule has 1 aromatic rings. The minimum Gasteiger partial charge on any atom is -0.399 e. The Labute approximate surface area is 107 Å². The number of amides is 2. The molecule has 0 saturated heterocycles. The summed E-state index contributed by atoms with van der Waals surface area (Å²) >= 11 is 0. The third-order valence-electron chi connectivity index (χ3n) is 1.55. The third-order valence-corrected chi connectivity index (χ3v) is 1.55. The van der Waals surface area contributed by atoms with Gasteiger partial charge in [0, 0.05) is 17.9 Å². The highest BCUT2D eigenvalue weighted by atomic mass is 35.5. The minimum atomic E-state index is -0.295. The highest BCUT2D eigenvalue weighted by Crippen LogP contribution is 2.09. The smallest absolute Gasteiger partial charge is 0.333 e. The first kappa shape index (κ1) is 17.2. The lowest BCUT2D eigenvalue weighted by atomic mass is 10.3. The van der Waals surface area contributed by atoms with Gasteiger partial charge in [0.15, 0.2) is 0 Å². The lowest BCUT2D eigenvalue weighted by Gasteiger charge is -2.07. The van der Waals surface area contributed by atoms with Crippen LogP contribution in [-0.4, -0.2) is 12.6 Å². The number of anilines is 2. The van der Waals surface area contributed by atoms with Gasteiger partial charge < -0.3 is 11.1 Å². The molecule has 0 bridgehead atoms. The van der Waals surface area contributed by atoms with E-state index in [0.29, 0.717) is 17.9 Å². The summed E-state index contributed by atoms with van der Waals surface area (Å²) in [5.41, 5.74) is 12.0. The number of halogens is 2. The average Bonchev–Trinajstić information content (AvgIpc) is 2.18. The van der Waals surface area contributed by atoms with Crippen molar-refractivity contribution in [3.8, 4) is 0 Å². The first-order valence-electron chi connectivity index (χ1n) is 4.37. The van der Waals surface area contributed by atoms with Crippen LogP contribution in [0.1, 0.15) is 6.92 Å². The lowest BCUT2D eigenvalue weighted by Crippen LogP contribution is -2.40. The Balaban J connectivity index is 0. The first-order valence-corrected chi connectivity index (χ1v) is 4.37. The Hall–Kier alpha value is -1.17. The van der Waals surface area contributed by atoms with Crippen molar-refractivity contribution in [1.82, 2.24) is 10.9 Å². The van der Waals surface area contributed by atoms with E-state index in [1.807, 2.05) is 6.92 Å². The molecule has 1 rings (SSSR count). The molecule has 5 nitrogen and oxygen atoms in total. The summed E-state index contributed by atoms with van der Waals surface area (Å²) in [7, 11) is 0. The maximum Gasteiger partial charge on any atom is 0.333 e. The Morgan fingerprint density at radius 1 is 1.25 bits per heavy atom. The molecule has 0 atom stereocenters. The van der Waals surface area contributed by atoms with E-state index >= 15 is 0 Å².